The molecule has 0 unspecified atom stereocenters. The Morgan fingerprint density at radius 2 is 1.81 bits per heavy atom. The van der Waals surface area contributed by atoms with Crippen LogP contribution in [-0.2, 0) is 11.0 Å². The van der Waals surface area contributed by atoms with Crippen LogP contribution in [-0.4, -0.2) is 25.7 Å². The summed E-state index contributed by atoms with van der Waals surface area (Å²) in [6.45, 7) is 2.84. The average Bonchev–Trinajstić information content (AvgIpc) is 3.00. The van der Waals surface area contributed by atoms with Gasteiger partial charge >= 0.3 is 6.18 Å². The molecule has 1 aromatic carbocycles. The minimum absolute atomic E-state index is 0.0914. The van der Waals surface area contributed by atoms with E-state index in [1.807, 2.05) is 0 Å². The number of hydrogen-bond acceptors (Lipinski definition) is 4. The Hall–Kier alpha value is -2.75. The van der Waals surface area contributed by atoms with Gasteiger partial charge < -0.3 is 0 Å². The highest BCUT2D eigenvalue weighted by Gasteiger charge is 2.37. The van der Waals surface area contributed by atoms with Gasteiger partial charge in [-0.3, -0.25) is 10.1 Å². The zero-order chi connectivity index (χ0) is 19.8. The molecule has 0 saturated carbocycles. The largest absolute Gasteiger partial charge is 0.433 e. The van der Waals surface area contributed by atoms with Crippen LogP contribution in [0.2, 0.25) is 0 Å². The number of amides is 1. The number of anilines is 1. The topological polar surface area (TPSA) is 72.7 Å². The zero-order valence-electron chi connectivity index (χ0n) is 14.2. The molecular formula is C17H13BrF3N5O. The number of nitrogens with zero attached hydrogens (tertiary/aromatic N) is 4. The van der Waals surface area contributed by atoms with Gasteiger partial charge in [0.25, 0.3) is 0 Å². The normalized spacial score (nSPS) is 11.5. The summed E-state index contributed by atoms with van der Waals surface area (Å²) in [7, 11) is 0. The van der Waals surface area contributed by atoms with E-state index in [1.54, 1.807) is 31.2 Å². The predicted molar refractivity (Wildman–Crippen MR) is 96.3 cm³/mol. The summed E-state index contributed by atoms with van der Waals surface area (Å²) in [6.07, 6.45) is -4.65. The Kier molecular flexibility index (Phi) is 5.01. The summed E-state index contributed by atoms with van der Waals surface area (Å²) in [5.74, 6) is -0.619. The lowest BCUT2D eigenvalue weighted by Crippen LogP contribution is -2.16. The monoisotopic (exact) mass is 439 g/mol. The summed E-state index contributed by atoms with van der Waals surface area (Å²) in [6, 6.07) is 9.06. The second-order valence-corrected chi connectivity index (χ2v) is 6.62. The molecule has 0 aliphatic carbocycles. The first kappa shape index (κ1) is 19.0. The molecule has 1 N–H and O–H groups in total. The lowest BCUT2D eigenvalue weighted by molar-refractivity contribution is -0.142. The van der Waals surface area contributed by atoms with Crippen LogP contribution in [0.1, 0.15) is 18.3 Å². The van der Waals surface area contributed by atoms with Gasteiger partial charge in [-0.25, -0.2) is 9.67 Å². The maximum Gasteiger partial charge on any atom is 0.433 e. The van der Waals surface area contributed by atoms with Crippen LogP contribution in [0.25, 0.3) is 17.1 Å². The van der Waals surface area contributed by atoms with E-state index in [-0.39, 0.29) is 17.5 Å². The second kappa shape index (κ2) is 7.10. The van der Waals surface area contributed by atoms with Gasteiger partial charge in [-0.15, -0.1) is 0 Å². The number of aromatic nitrogens is 4. The molecule has 0 fully saturated rings. The van der Waals surface area contributed by atoms with Gasteiger partial charge in [-0.05, 0) is 25.1 Å². The third-order valence-electron chi connectivity index (χ3n) is 3.49. The lowest BCUT2D eigenvalue weighted by atomic mass is 10.1. The molecule has 140 valence electrons. The van der Waals surface area contributed by atoms with E-state index < -0.39 is 17.8 Å². The molecule has 0 bridgehead atoms. The van der Waals surface area contributed by atoms with Gasteiger partial charge in [0, 0.05) is 28.7 Å². The van der Waals surface area contributed by atoms with Gasteiger partial charge in [-0.2, -0.15) is 23.3 Å². The van der Waals surface area contributed by atoms with E-state index in [0.717, 1.165) is 10.5 Å². The van der Waals surface area contributed by atoms with Gasteiger partial charge in [0.05, 0.1) is 5.69 Å². The van der Waals surface area contributed by atoms with Crippen LogP contribution in [0.3, 0.4) is 0 Å². The molecule has 2 heterocycles. The fourth-order valence-corrected chi connectivity index (χ4v) is 2.66. The van der Waals surface area contributed by atoms with E-state index in [9.17, 15) is 18.0 Å². The Bertz CT molecular complexity index is 999. The maximum absolute atomic E-state index is 13.6. The summed E-state index contributed by atoms with van der Waals surface area (Å²) in [5, 5.41) is 6.46. The molecule has 27 heavy (non-hydrogen) atoms. The Balaban J connectivity index is 2.16. The van der Waals surface area contributed by atoms with Crippen LogP contribution in [0.4, 0.5) is 19.1 Å². The second-order valence-electron chi connectivity index (χ2n) is 5.70. The number of carbonyl (C=O) groups excluding carboxylic acids is 1. The van der Waals surface area contributed by atoms with Crippen molar-refractivity contribution in [2.75, 3.05) is 5.32 Å². The first-order valence-electron chi connectivity index (χ1n) is 7.70. The number of rotatable bonds is 3. The fourth-order valence-electron chi connectivity index (χ4n) is 2.39. The minimum atomic E-state index is -4.65. The summed E-state index contributed by atoms with van der Waals surface area (Å²) >= 11 is 3.28. The van der Waals surface area contributed by atoms with Crippen LogP contribution in [0.15, 0.2) is 40.9 Å². The van der Waals surface area contributed by atoms with Gasteiger partial charge in [0.1, 0.15) is 0 Å². The molecule has 6 nitrogen and oxygen atoms in total. The third kappa shape index (κ3) is 4.33. The molecule has 0 saturated heterocycles. The number of hydrogen-bond donors (Lipinski definition) is 1. The number of alkyl halides is 3. The molecule has 0 atom stereocenters. The van der Waals surface area contributed by atoms with E-state index in [1.165, 1.54) is 13.0 Å². The molecule has 10 heteroatoms. The molecule has 0 aliphatic heterocycles. The van der Waals surface area contributed by atoms with Crippen molar-refractivity contribution in [3.05, 3.63) is 52.3 Å². The maximum atomic E-state index is 13.6. The first-order valence-corrected chi connectivity index (χ1v) is 8.49. The summed E-state index contributed by atoms with van der Waals surface area (Å²) in [4.78, 5) is 19.2. The zero-order valence-corrected chi connectivity index (χ0v) is 15.8. The number of nitrogens with one attached hydrogen (secondary N) is 1. The molecule has 0 radical (unpaired) electrons. The first-order chi connectivity index (χ1) is 12.6. The summed E-state index contributed by atoms with van der Waals surface area (Å²) < 4.78 is 42.2. The molecule has 2 aromatic heterocycles. The fraction of sp³-hybridized carbons (Fsp3) is 0.176. The molecule has 3 aromatic rings. The van der Waals surface area contributed by atoms with Gasteiger partial charge in [0.15, 0.2) is 11.5 Å². The van der Waals surface area contributed by atoms with E-state index >= 15 is 0 Å². The smallest absolute Gasteiger partial charge is 0.295 e. The Labute approximate surface area is 160 Å². The highest BCUT2D eigenvalue weighted by atomic mass is 79.9. The van der Waals surface area contributed by atoms with Crippen molar-refractivity contribution in [1.82, 2.24) is 19.7 Å². The van der Waals surface area contributed by atoms with Crippen LogP contribution >= 0.6 is 15.9 Å². The van der Waals surface area contributed by atoms with Crippen molar-refractivity contribution in [3.63, 3.8) is 0 Å². The highest BCUT2D eigenvalue weighted by Crippen LogP contribution is 2.34. The Morgan fingerprint density at radius 1 is 1.15 bits per heavy atom. The number of carbonyl (C=O) groups is 1. The van der Waals surface area contributed by atoms with Crippen molar-refractivity contribution < 1.29 is 18.0 Å². The lowest BCUT2D eigenvalue weighted by Gasteiger charge is -2.11. The van der Waals surface area contributed by atoms with Crippen molar-refractivity contribution in [2.45, 2.75) is 20.0 Å². The van der Waals surface area contributed by atoms with Crippen molar-refractivity contribution in [1.29, 1.82) is 0 Å². The highest BCUT2D eigenvalue weighted by molar-refractivity contribution is 9.10. The standard InChI is InChI=1S/C17H13BrF3N5O/c1-9-7-15(24-16(22-9)23-10(2)27)26-14(17(19,20)21)8-13(25-26)11-3-5-12(18)6-4-11/h3-8H,1-2H3,(H,22,23,24,27). The van der Waals surface area contributed by atoms with Gasteiger partial charge in [0.2, 0.25) is 11.9 Å². The van der Waals surface area contributed by atoms with Crippen LogP contribution in [0.5, 0.6) is 0 Å². The third-order valence-corrected chi connectivity index (χ3v) is 4.01. The Morgan fingerprint density at radius 3 is 2.41 bits per heavy atom. The molecular weight excluding hydrogens is 427 g/mol. The molecule has 0 aliphatic rings. The summed E-state index contributed by atoms with van der Waals surface area (Å²) in [5.41, 5.74) is 0.0762. The van der Waals surface area contributed by atoms with E-state index in [4.69, 9.17) is 0 Å². The predicted octanol–water partition coefficient (Wildman–Crippen LogP) is 4.38. The SMILES string of the molecule is CC(=O)Nc1nc(C)cc(-n2nc(-c3ccc(Br)cc3)cc2C(F)(F)F)n1. The molecule has 3 rings (SSSR count). The van der Waals surface area contributed by atoms with Crippen LogP contribution < -0.4 is 5.32 Å². The van der Waals surface area contributed by atoms with Crippen molar-refractivity contribution in [3.8, 4) is 17.1 Å². The number of aryl methyl sites for hydroxylation is 1. The minimum Gasteiger partial charge on any atom is -0.295 e. The average molecular weight is 440 g/mol. The van der Waals surface area contributed by atoms with Gasteiger partial charge in [-0.1, -0.05) is 28.1 Å². The molecule has 1 amide bonds. The van der Waals surface area contributed by atoms with E-state index in [2.05, 4.69) is 36.3 Å². The number of halogens is 4. The van der Waals surface area contributed by atoms with Crippen LogP contribution in [0, 0.1) is 6.92 Å². The molecule has 0 spiro atoms. The quantitative estimate of drug-likeness (QED) is 0.657. The van der Waals surface area contributed by atoms with Crippen molar-refractivity contribution in [2.24, 2.45) is 0 Å². The van der Waals surface area contributed by atoms with E-state index in [0.29, 0.717) is 15.9 Å². The number of benzene rings is 1. The van der Waals surface area contributed by atoms with Crippen molar-refractivity contribution >= 4 is 27.8 Å².